The first-order chi connectivity index (χ1) is 27.7. The van der Waals surface area contributed by atoms with Gasteiger partial charge in [-0.25, -0.2) is 18.2 Å². The number of nitrogens with zero attached hydrogens (tertiary/aromatic N) is 4. The van der Waals surface area contributed by atoms with E-state index >= 15 is 0 Å². The quantitative estimate of drug-likeness (QED) is 0.0533. The number of rotatable bonds is 14. The van der Waals surface area contributed by atoms with Crippen molar-refractivity contribution in [2.75, 3.05) is 36.2 Å². The number of aromatic nitrogens is 3. The lowest BCUT2D eigenvalue weighted by Crippen LogP contribution is -2.37. The second-order valence-electron chi connectivity index (χ2n) is 12.4. The van der Waals surface area contributed by atoms with E-state index in [2.05, 4.69) is 40.6 Å². The molecule has 0 radical (unpaired) electrons. The zero-order valence-corrected chi connectivity index (χ0v) is 31.6. The topological polar surface area (TPSA) is 220 Å². The molecule has 0 aliphatic heterocycles. The van der Waals surface area contributed by atoms with E-state index in [-0.39, 0.29) is 23.1 Å². The summed E-state index contributed by atoms with van der Waals surface area (Å²) < 4.78 is 110. The van der Waals surface area contributed by atoms with Crippen molar-refractivity contribution in [3.8, 4) is 6.01 Å². The first-order valence-corrected chi connectivity index (χ1v) is 18.6. The lowest BCUT2D eigenvalue weighted by atomic mass is 10.1. The number of methoxy groups -OCH3 is 1. The largest absolute Gasteiger partial charge is 0.501 e. The van der Waals surface area contributed by atoms with Gasteiger partial charge in [0.05, 0.1) is 17.5 Å². The van der Waals surface area contributed by atoms with E-state index in [4.69, 9.17) is 16.3 Å². The van der Waals surface area contributed by atoms with Crippen molar-refractivity contribution in [1.29, 1.82) is 0 Å². The number of carbonyl (C=O) groups is 4. The Morgan fingerprint density at radius 3 is 2.14 bits per heavy atom. The second-order valence-corrected chi connectivity index (χ2v) is 14.8. The van der Waals surface area contributed by atoms with Crippen LogP contribution in [0.5, 0.6) is 6.01 Å². The van der Waals surface area contributed by atoms with Crippen LogP contribution in [0.15, 0.2) is 82.7 Å². The van der Waals surface area contributed by atoms with E-state index in [1.807, 2.05) is 5.32 Å². The summed E-state index contributed by atoms with van der Waals surface area (Å²) in [7, 11) is -4.75. The number of benzene rings is 3. The van der Waals surface area contributed by atoms with Gasteiger partial charge in [-0.05, 0) is 73.0 Å². The van der Waals surface area contributed by atoms with E-state index in [0.29, 0.717) is 30.0 Å². The van der Waals surface area contributed by atoms with Crippen LogP contribution in [0.2, 0.25) is 5.02 Å². The fraction of sp³-hybridized carbons (Fsp3) is 0.257. The molecule has 59 heavy (non-hydrogen) atoms. The smallest absolute Gasteiger partial charge is 0.465 e. The van der Waals surface area contributed by atoms with Crippen LogP contribution < -0.4 is 26.0 Å². The number of esters is 1. The molecule has 3 amide bonds. The Hall–Kier alpha value is -6.36. The predicted octanol–water partition coefficient (Wildman–Crippen LogP) is 5.50. The molecule has 24 heteroatoms. The minimum atomic E-state index is -5.74. The van der Waals surface area contributed by atoms with Gasteiger partial charge in [0, 0.05) is 34.9 Å². The molecule has 0 unspecified atom stereocenters. The molecule has 0 saturated heterocycles. The first-order valence-electron chi connectivity index (χ1n) is 16.8. The molecule has 1 aliphatic rings. The number of anilines is 4. The van der Waals surface area contributed by atoms with Crippen molar-refractivity contribution in [2.45, 2.75) is 41.4 Å². The monoisotopic (exact) mass is 870 g/mol. The van der Waals surface area contributed by atoms with E-state index < -0.39 is 92.6 Å². The van der Waals surface area contributed by atoms with Gasteiger partial charge in [-0.1, -0.05) is 29.8 Å². The molecule has 0 atom stereocenters. The molecule has 0 spiro atoms. The van der Waals surface area contributed by atoms with Crippen LogP contribution in [0, 0.1) is 0 Å². The molecule has 1 fully saturated rings. The van der Waals surface area contributed by atoms with Gasteiger partial charge in [-0.3, -0.25) is 14.4 Å². The molecule has 0 bridgehead atoms. The lowest BCUT2D eigenvalue weighted by molar-refractivity contribution is -0.154. The highest BCUT2D eigenvalue weighted by Crippen LogP contribution is 2.48. The fourth-order valence-electron chi connectivity index (χ4n) is 5.04. The standard InChI is InChI=1S/C35H29ClF6N8O8S/c1-57-29(54)25(13-16-43-27(52)28(53)44-23-3-2-4-24(17-23)59(55,56)35(40,41)42)46-26(51)19-5-11-22(12-6-19)45-30-47-31(49-32(48-30)58-18-34(37,38)39)50-33(14-15-33)20-7-9-21(36)10-8-20/h2-12,17H,13-16,18H2,1H3,(H,43,52)(H,44,53)(H2,45,47,48,49,50)/b46-25-. The highest BCUT2D eigenvalue weighted by Gasteiger charge is 2.47. The highest BCUT2D eigenvalue weighted by atomic mass is 35.5. The van der Waals surface area contributed by atoms with Crippen LogP contribution >= 0.6 is 11.6 Å². The Bertz CT molecular complexity index is 2380. The number of amides is 3. The van der Waals surface area contributed by atoms with Gasteiger partial charge in [0.2, 0.25) is 11.9 Å². The van der Waals surface area contributed by atoms with Crippen molar-refractivity contribution in [2.24, 2.45) is 4.99 Å². The van der Waals surface area contributed by atoms with E-state index in [1.165, 1.54) is 24.3 Å². The third-order valence-corrected chi connectivity index (χ3v) is 9.82. The maximum Gasteiger partial charge on any atom is 0.501 e. The average Bonchev–Trinajstić information content (AvgIpc) is 3.96. The van der Waals surface area contributed by atoms with Gasteiger partial charge in [0.25, 0.3) is 15.7 Å². The third kappa shape index (κ3) is 11.6. The van der Waals surface area contributed by atoms with Crippen molar-refractivity contribution in [1.82, 2.24) is 20.3 Å². The lowest BCUT2D eigenvalue weighted by Gasteiger charge is -2.19. The van der Waals surface area contributed by atoms with Gasteiger partial charge in [0.15, 0.2) is 6.61 Å². The van der Waals surface area contributed by atoms with Crippen LogP contribution in [0.1, 0.15) is 35.2 Å². The van der Waals surface area contributed by atoms with Crippen LogP contribution in [0.3, 0.4) is 0 Å². The summed E-state index contributed by atoms with van der Waals surface area (Å²) in [6.07, 6.45) is -3.80. The summed E-state index contributed by atoms with van der Waals surface area (Å²) >= 11 is 6.01. The Morgan fingerprint density at radius 2 is 1.53 bits per heavy atom. The molecule has 4 N–H and O–H groups in total. The molecule has 4 aromatic rings. The Labute approximate surface area is 334 Å². The number of nitrogens with one attached hydrogen (secondary N) is 4. The number of hydrogen-bond acceptors (Lipinski definition) is 13. The number of carbonyl (C=O) groups excluding carboxylic acids is 4. The van der Waals surface area contributed by atoms with Crippen molar-refractivity contribution < 1.29 is 63.4 Å². The number of halogens is 7. The maximum atomic E-state index is 13.0. The van der Waals surface area contributed by atoms with E-state index in [0.717, 1.165) is 24.8 Å². The van der Waals surface area contributed by atoms with Crippen LogP contribution in [-0.2, 0) is 34.5 Å². The van der Waals surface area contributed by atoms with Gasteiger partial charge in [0.1, 0.15) is 5.71 Å². The third-order valence-electron chi connectivity index (χ3n) is 8.08. The number of alkyl halides is 6. The average molecular weight is 871 g/mol. The number of ether oxygens (including phenoxy) is 2. The SMILES string of the molecule is COC(=O)/C(CCNC(=O)C(=O)Nc1cccc(S(=O)(=O)C(F)(F)F)c1)=N\C(=O)c1ccc(Nc2nc(NC3(c4ccc(Cl)cc4)CC3)nc(OCC(F)(F)F)n2)cc1. The predicted molar refractivity (Wildman–Crippen MR) is 197 cm³/mol. The van der Waals surface area contributed by atoms with Gasteiger partial charge >= 0.3 is 35.5 Å². The molecular formula is C35H29ClF6N8O8S. The van der Waals surface area contributed by atoms with Gasteiger partial charge in [-0.15, -0.1) is 0 Å². The molecule has 1 aromatic heterocycles. The summed E-state index contributed by atoms with van der Waals surface area (Å²) in [6.45, 7) is -2.14. The molecule has 3 aromatic carbocycles. The van der Waals surface area contributed by atoms with E-state index in [1.54, 1.807) is 24.3 Å². The molecule has 1 aliphatic carbocycles. The number of sulfone groups is 1. The fourth-order valence-corrected chi connectivity index (χ4v) is 5.98. The van der Waals surface area contributed by atoms with Crippen LogP contribution in [0.25, 0.3) is 0 Å². The Balaban J connectivity index is 1.23. The Morgan fingerprint density at radius 1 is 0.864 bits per heavy atom. The summed E-state index contributed by atoms with van der Waals surface area (Å²) in [4.78, 5) is 64.8. The Kier molecular flexibility index (Phi) is 13.1. The number of aliphatic imine (C=N–C) groups is 1. The summed E-state index contributed by atoms with van der Waals surface area (Å²) in [6, 6.07) is 14.8. The highest BCUT2D eigenvalue weighted by molar-refractivity contribution is 7.92. The van der Waals surface area contributed by atoms with E-state index in [9.17, 15) is 53.9 Å². The van der Waals surface area contributed by atoms with Crippen molar-refractivity contribution in [3.63, 3.8) is 0 Å². The summed E-state index contributed by atoms with van der Waals surface area (Å²) in [5.41, 5.74) is -6.09. The first kappa shape index (κ1) is 43.8. The van der Waals surface area contributed by atoms with Crippen LogP contribution in [0.4, 0.5) is 49.6 Å². The summed E-state index contributed by atoms with van der Waals surface area (Å²) in [5.74, 6) is -5.04. The van der Waals surface area contributed by atoms with Crippen molar-refractivity contribution in [3.05, 3.63) is 88.9 Å². The molecule has 16 nitrogen and oxygen atoms in total. The van der Waals surface area contributed by atoms with Crippen LogP contribution in [-0.4, -0.2) is 84.7 Å². The minimum Gasteiger partial charge on any atom is -0.465 e. The number of hydrogen-bond donors (Lipinski definition) is 4. The molecule has 1 heterocycles. The normalized spacial score (nSPS) is 13.8. The zero-order valence-electron chi connectivity index (χ0n) is 30.1. The van der Waals surface area contributed by atoms with Crippen molar-refractivity contribution >= 4 is 74.1 Å². The molecule has 1 saturated carbocycles. The maximum absolute atomic E-state index is 13.0. The molecular weight excluding hydrogens is 842 g/mol. The zero-order chi connectivity index (χ0) is 43.2. The second kappa shape index (κ2) is 17.6. The molecule has 312 valence electrons. The minimum absolute atomic E-state index is 0.0547. The van der Waals surface area contributed by atoms with Gasteiger partial charge in [-0.2, -0.15) is 41.3 Å². The summed E-state index contributed by atoms with van der Waals surface area (Å²) in [5, 5.41) is 10.5. The van der Waals surface area contributed by atoms with Gasteiger partial charge < -0.3 is 30.7 Å². The molecule has 5 rings (SSSR count).